The molecule has 4 rings (SSSR count). The fourth-order valence-electron chi connectivity index (χ4n) is 3.89. The van der Waals surface area contributed by atoms with Gasteiger partial charge in [0.05, 0.1) is 12.7 Å². The first kappa shape index (κ1) is 24.8. The lowest BCUT2D eigenvalue weighted by atomic mass is 9.96. The van der Waals surface area contributed by atoms with Gasteiger partial charge in [0.1, 0.15) is 29.3 Å². The zero-order chi connectivity index (χ0) is 24.8. The fraction of sp³-hybridized carbons (Fsp3) is 0.222. The normalized spacial score (nSPS) is 12.7. The van der Waals surface area contributed by atoms with Gasteiger partial charge in [-0.15, -0.1) is 11.3 Å². The fourth-order valence-corrected chi connectivity index (χ4v) is 5.49. The van der Waals surface area contributed by atoms with Gasteiger partial charge < -0.3 is 14.8 Å². The van der Waals surface area contributed by atoms with Gasteiger partial charge in [-0.05, 0) is 95.3 Å². The van der Waals surface area contributed by atoms with E-state index in [-0.39, 0.29) is 5.57 Å². The second-order valence-electron chi connectivity index (χ2n) is 7.98. The third kappa shape index (κ3) is 5.84. The minimum absolute atomic E-state index is 0.0603. The van der Waals surface area contributed by atoms with Gasteiger partial charge in [-0.2, -0.15) is 10.5 Å². The average molecular weight is 595 g/mol. The van der Waals surface area contributed by atoms with Crippen molar-refractivity contribution >= 4 is 50.9 Å². The van der Waals surface area contributed by atoms with Gasteiger partial charge in [0.25, 0.3) is 5.91 Å². The summed E-state index contributed by atoms with van der Waals surface area (Å²) in [6.07, 6.45) is 5.40. The molecule has 0 radical (unpaired) electrons. The number of halogens is 1. The SMILES string of the molecule is COc1cc(/C=C(\C#N)C(=O)Nc2sc3c(c2C#N)CCCC3)ccc1OCc1ccc(I)cc1. The minimum atomic E-state index is -0.541. The monoisotopic (exact) mass is 595 g/mol. The van der Waals surface area contributed by atoms with E-state index in [4.69, 9.17) is 9.47 Å². The lowest BCUT2D eigenvalue weighted by Crippen LogP contribution is -2.13. The third-order valence-corrected chi connectivity index (χ3v) is 7.61. The molecule has 0 fully saturated rings. The highest BCUT2D eigenvalue weighted by atomic mass is 127. The number of aryl methyl sites for hydroxylation is 1. The van der Waals surface area contributed by atoms with E-state index in [1.54, 1.807) is 25.3 Å². The van der Waals surface area contributed by atoms with E-state index in [9.17, 15) is 15.3 Å². The first-order chi connectivity index (χ1) is 17.0. The number of carbonyl (C=O) groups excluding carboxylic acids is 1. The molecule has 35 heavy (non-hydrogen) atoms. The Balaban J connectivity index is 1.51. The topological polar surface area (TPSA) is 95.1 Å². The number of hydrogen-bond acceptors (Lipinski definition) is 6. The van der Waals surface area contributed by atoms with Crippen LogP contribution in [0.15, 0.2) is 48.0 Å². The Morgan fingerprint density at radius 2 is 1.91 bits per heavy atom. The molecule has 176 valence electrons. The summed E-state index contributed by atoms with van der Waals surface area (Å²) in [5, 5.41) is 22.6. The van der Waals surface area contributed by atoms with Gasteiger partial charge in [-0.3, -0.25) is 4.79 Å². The van der Waals surface area contributed by atoms with Crippen molar-refractivity contribution in [1.29, 1.82) is 10.5 Å². The number of nitrogens with one attached hydrogen (secondary N) is 1. The molecule has 1 N–H and O–H groups in total. The molecule has 0 unspecified atom stereocenters. The summed E-state index contributed by atoms with van der Waals surface area (Å²) < 4.78 is 12.5. The van der Waals surface area contributed by atoms with Crippen molar-refractivity contribution in [3.8, 4) is 23.6 Å². The summed E-state index contributed by atoms with van der Waals surface area (Å²) in [6.45, 7) is 0.389. The molecule has 0 atom stereocenters. The summed E-state index contributed by atoms with van der Waals surface area (Å²) in [4.78, 5) is 14.0. The third-order valence-electron chi connectivity index (χ3n) is 5.68. The minimum Gasteiger partial charge on any atom is -0.493 e. The van der Waals surface area contributed by atoms with Gasteiger partial charge in [0.15, 0.2) is 11.5 Å². The number of rotatable bonds is 7. The molecule has 1 aromatic heterocycles. The van der Waals surface area contributed by atoms with Crippen molar-refractivity contribution in [1.82, 2.24) is 0 Å². The highest BCUT2D eigenvalue weighted by molar-refractivity contribution is 14.1. The van der Waals surface area contributed by atoms with Crippen LogP contribution >= 0.6 is 33.9 Å². The zero-order valence-corrected chi connectivity index (χ0v) is 22.0. The van der Waals surface area contributed by atoms with Crippen molar-refractivity contribution in [3.05, 3.63) is 78.7 Å². The van der Waals surface area contributed by atoms with Crippen LogP contribution < -0.4 is 14.8 Å². The van der Waals surface area contributed by atoms with Crippen LogP contribution in [0.2, 0.25) is 0 Å². The number of fused-ring (bicyclic) bond motifs is 1. The van der Waals surface area contributed by atoms with Gasteiger partial charge in [0, 0.05) is 8.45 Å². The summed E-state index contributed by atoms with van der Waals surface area (Å²) in [6, 6.07) is 17.5. The van der Waals surface area contributed by atoms with Crippen molar-refractivity contribution in [2.45, 2.75) is 32.3 Å². The number of thiophene rings is 1. The Morgan fingerprint density at radius 1 is 1.14 bits per heavy atom. The summed E-state index contributed by atoms with van der Waals surface area (Å²) >= 11 is 3.69. The number of ether oxygens (including phenoxy) is 2. The van der Waals surface area contributed by atoms with Crippen LogP contribution in [0, 0.1) is 26.2 Å². The molecular weight excluding hydrogens is 573 g/mol. The van der Waals surface area contributed by atoms with E-state index in [0.717, 1.165) is 45.3 Å². The van der Waals surface area contributed by atoms with Crippen LogP contribution in [-0.4, -0.2) is 13.0 Å². The highest BCUT2D eigenvalue weighted by Gasteiger charge is 2.22. The van der Waals surface area contributed by atoms with E-state index >= 15 is 0 Å². The summed E-state index contributed by atoms with van der Waals surface area (Å²) in [7, 11) is 1.54. The van der Waals surface area contributed by atoms with Crippen LogP contribution in [0.25, 0.3) is 6.08 Å². The Bertz CT molecular complexity index is 1360. The second-order valence-corrected chi connectivity index (χ2v) is 10.3. The molecule has 2 aromatic carbocycles. The molecule has 8 heteroatoms. The molecule has 1 amide bonds. The highest BCUT2D eigenvalue weighted by Crippen LogP contribution is 2.38. The maximum atomic E-state index is 12.9. The molecular formula is C27H22IN3O3S. The molecule has 1 aliphatic rings. The van der Waals surface area contributed by atoms with Crippen LogP contribution in [-0.2, 0) is 24.2 Å². The van der Waals surface area contributed by atoms with Gasteiger partial charge in [0.2, 0.25) is 0 Å². The molecule has 3 aromatic rings. The predicted molar refractivity (Wildman–Crippen MR) is 144 cm³/mol. The van der Waals surface area contributed by atoms with Crippen molar-refractivity contribution < 1.29 is 14.3 Å². The van der Waals surface area contributed by atoms with E-state index < -0.39 is 5.91 Å². The Kier molecular flexibility index (Phi) is 8.06. The van der Waals surface area contributed by atoms with Crippen LogP contribution in [0.3, 0.4) is 0 Å². The number of nitriles is 2. The van der Waals surface area contributed by atoms with Crippen LogP contribution in [0.1, 0.15) is 40.0 Å². The number of hydrogen-bond donors (Lipinski definition) is 1. The van der Waals surface area contributed by atoms with Crippen molar-refractivity contribution in [2.75, 3.05) is 12.4 Å². The summed E-state index contributed by atoms with van der Waals surface area (Å²) in [5.74, 6) is 0.522. The van der Waals surface area contributed by atoms with E-state index in [1.807, 2.05) is 30.3 Å². The van der Waals surface area contributed by atoms with Crippen LogP contribution in [0.4, 0.5) is 5.00 Å². The van der Waals surface area contributed by atoms with E-state index in [2.05, 4.69) is 34.0 Å². The van der Waals surface area contributed by atoms with Gasteiger partial charge in [-0.1, -0.05) is 18.2 Å². The van der Waals surface area contributed by atoms with Crippen LogP contribution in [0.5, 0.6) is 11.5 Å². The molecule has 6 nitrogen and oxygen atoms in total. The largest absolute Gasteiger partial charge is 0.493 e. The standard InChI is InChI=1S/C27H22IN3O3S/c1-33-24-13-18(8-11-23(24)34-16-17-6-9-20(28)10-7-17)12-19(14-29)26(32)31-27-22(15-30)21-4-2-3-5-25(21)35-27/h6-13H,2-5,16H2,1H3,(H,31,32)/b19-12+. The number of anilines is 1. The Morgan fingerprint density at radius 3 is 2.63 bits per heavy atom. The molecule has 0 aliphatic heterocycles. The van der Waals surface area contributed by atoms with Crippen molar-refractivity contribution in [3.63, 3.8) is 0 Å². The van der Waals surface area contributed by atoms with Gasteiger partial charge >= 0.3 is 0 Å². The number of benzene rings is 2. The smallest absolute Gasteiger partial charge is 0.266 e. The predicted octanol–water partition coefficient (Wildman–Crippen LogP) is 6.24. The molecule has 1 aliphatic carbocycles. The van der Waals surface area contributed by atoms with E-state index in [0.29, 0.717) is 34.2 Å². The van der Waals surface area contributed by atoms with Gasteiger partial charge in [-0.25, -0.2) is 0 Å². The molecule has 0 saturated carbocycles. The molecule has 0 bridgehead atoms. The lowest BCUT2D eigenvalue weighted by Gasteiger charge is -2.12. The number of nitrogens with zero attached hydrogens (tertiary/aromatic N) is 2. The maximum Gasteiger partial charge on any atom is 0.266 e. The lowest BCUT2D eigenvalue weighted by molar-refractivity contribution is -0.112. The number of carbonyl (C=O) groups is 1. The summed E-state index contributed by atoms with van der Waals surface area (Å²) in [5.41, 5.74) is 3.15. The van der Waals surface area contributed by atoms with Crippen molar-refractivity contribution in [2.24, 2.45) is 0 Å². The first-order valence-electron chi connectivity index (χ1n) is 11.1. The molecule has 0 spiro atoms. The number of amides is 1. The zero-order valence-electron chi connectivity index (χ0n) is 19.1. The quantitative estimate of drug-likeness (QED) is 0.198. The Labute approximate surface area is 221 Å². The second kappa shape index (κ2) is 11.4. The maximum absolute atomic E-state index is 12.9. The van der Waals surface area contributed by atoms with E-state index in [1.165, 1.54) is 17.4 Å². The number of methoxy groups -OCH3 is 1. The Hall–Kier alpha value is -3.34. The molecule has 0 saturated heterocycles. The average Bonchev–Trinajstić information content (AvgIpc) is 3.23. The molecule has 1 heterocycles. The first-order valence-corrected chi connectivity index (χ1v) is 12.9.